The number of benzene rings is 3. The van der Waals surface area contributed by atoms with Gasteiger partial charge in [0.2, 0.25) is 0 Å². The first-order valence-electron chi connectivity index (χ1n) is 12.3. The lowest BCUT2D eigenvalue weighted by Crippen LogP contribution is -2.23. The van der Waals surface area contributed by atoms with Crippen molar-refractivity contribution in [3.63, 3.8) is 0 Å². The van der Waals surface area contributed by atoms with Gasteiger partial charge in [-0.2, -0.15) is 8.78 Å². The van der Waals surface area contributed by atoms with Crippen LogP contribution in [0.5, 0.6) is 11.5 Å². The van der Waals surface area contributed by atoms with Crippen molar-refractivity contribution >= 4 is 28.8 Å². The molecule has 0 saturated carbocycles. The molecule has 3 aromatic carbocycles. The van der Waals surface area contributed by atoms with Crippen molar-refractivity contribution in [1.82, 2.24) is 5.32 Å². The Labute approximate surface area is 239 Å². The highest BCUT2D eigenvalue weighted by molar-refractivity contribution is 7.14. The van der Waals surface area contributed by atoms with Crippen molar-refractivity contribution in [1.29, 1.82) is 0 Å². The molecule has 5 nitrogen and oxygen atoms in total. The van der Waals surface area contributed by atoms with Gasteiger partial charge in [-0.1, -0.05) is 35.9 Å². The molecule has 202 valence electrons. The van der Waals surface area contributed by atoms with E-state index in [4.69, 9.17) is 16.3 Å². The number of hydrogen-bond acceptors (Lipinski definition) is 4. The fraction of sp³-hybridized carbons (Fsp3) is 0.0968. The predicted molar refractivity (Wildman–Crippen MR) is 152 cm³/mol. The van der Waals surface area contributed by atoms with E-state index < -0.39 is 6.61 Å². The summed E-state index contributed by atoms with van der Waals surface area (Å²) in [5.74, 6) is 0.569. The SMILES string of the molecule is O=C(NCc1ccc[nH+]c1)c1ccc(-c2sccc2-c2cc(Cl)ccc2OCc2ccc(OC(F)F)cc2)cc1. The second-order valence-electron chi connectivity index (χ2n) is 8.79. The van der Waals surface area contributed by atoms with Crippen LogP contribution in [0.2, 0.25) is 5.02 Å². The molecule has 0 aliphatic heterocycles. The zero-order chi connectivity index (χ0) is 27.9. The molecule has 9 heteroatoms. The van der Waals surface area contributed by atoms with E-state index >= 15 is 0 Å². The molecule has 2 heterocycles. The maximum Gasteiger partial charge on any atom is 0.387 e. The van der Waals surface area contributed by atoms with Gasteiger partial charge in [-0.25, -0.2) is 4.98 Å². The number of pyridine rings is 1. The molecule has 0 atom stereocenters. The highest BCUT2D eigenvalue weighted by atomic mass is 35.5. The number of amides is 1. The molecular weight excluding hydrogens is 554 g/mol. The van der Waals surface area contributed by atoms with Crippen molar-refractivity contribution in [2.75, 3.05) is 0 Å². The first-order valence-corrected chi connectivity index (χ1v) is 13.6. The molecule has 2 aromatic heterocycles. The summed E-state index contributed by atoms with van der Waals surface area (Å²) in [5.41, 5.74) is 5.07. The van der Waals surface area contributed by atoms with Gasteiger partial charge in [0, 0.05) is 44.8 Å². The Morgan fingerprint density at radius 1 is 0.950 bits per heavy atom. The minimum atomic E-state index is -2.87. The van der Waals surface area contributed by atoms with E-state index in [0.29, 0.717) is 22.9 Å². The number of nitrogens with one attached hydrogen (secondary N) is 2. The van der Waals surface area contributed by atoms with Gasteiger partial charge in [0.25, 0.3) is 5.91 Å². The Hall–Kier alpha value is -4.27. The fourth-order valence-electron chi connectivity index (χ4n) is 4.11. The predicted octanol–water partition coefficient (Wildman–Crippen LogP) is 7.66. The van der Waals surface area contributed by atoms with Gasteiger partial charge >= 0.3 is 6.61 Å². The quantitative estimate of drug-likeness (QED) is 0.185. The summed E-state index contributed by atoms with van der Waals surface area (Å²) < 4.78 is 35.4. The average Bonchev–Trinajstić information content (AvgIpc) is 3.46. The molecule has 0 radical (unpaired) electrons. The molecule has 0 bridgehead atoms. The largest absolute Gasteiger partial charge is 0.488 e. The van der Waals surface area contributed by atoms with Gasteiger partial charge in [0.05, 0.1) is 0 Å². The van der Waals surface area contributed by atoms with E-state index in [0.717, 1.165) is 32.7 Å². The normalized spacial score (nSPS) is 10.9. The van der Waals surface area contributed by atoms with Gasteiger partial charge in [-0.05, 0) is 71.1 Å². The molecule has 2 N–H and O–H groups in total. The zero-order valence-corrected chi connectivity index (χ0v) is 22.6. The third-order valence-electron chi connectivity index (χ3n) is 6.07. The summed E-state index contributed by atoms with van der Waals surface area (Å²) in [4.78, 5) is 16.7. The lowest BCUT2D eigenvalue weighted by atomic mass is 10.0. The maximum absolute atomic E-state index is 12.7. The van der Waals surface area contributed by atoms with Crippen molar-refractivity contribution < 1.29 is 28.0 Å². The van der Waals surface area contributed by atoms with Crippen LogP contribution in [0.4, 0.5) is 8.78 Å². The summed E-state index contributed by atoms with van der Waals surface area (Å²) in [7, 11) is 0. The van der Waals surface area contributed by atoms with Crippen molar-refractivity contribution in [2.24, 2.45) is 0 Å². The van der Waals surface area contributed by atoms with E-state index in [2.05, 4.69) is 15.0 Å². The fourth-order valence-corrected chi connectivity index (χ4v) is 5.20. The molecule has 0 saturated heterocycles. The lowest BCUT2D eigenvalue weighted by Gasteiger charge is -2.14. The second-order valence-corrected chi connectivity index (χ2v) is 10.1. The van der Waals surface area contributed by atoms with Crippen molar-refractivity contribution in [3.8, 4) is 33.1 Å². The monoisotopic (exact) mass is 577 g/mol. The first kappa shape index (κ1) is 27.3. The maximum atomic E-state index is 12.7. The number of aromatic amines is 1. The van der Waals surface area contributed by atoms with Gasteiger partial charge in [-0.15, -0.1) is 11.3 Å². The lowest BCUT2D eigenvalue weighted by molar-refractivity contribution is -0.378. The summed E-state index contributed by atoms with van der Waals surface area (Å²) in [6.07, 6.45) is 3.66. The molecule has 5 rings (SSSR count). The molecule has 5 aromatic rings. The summed E-state index contributed by atoms with van der Waals surface area (Å²) in [5, 5.41) is 5.49. The minimum absolute atomic E-state index is 0.0900. The van der Waals surface area contributed by atoms with Crippen LogP contribution < -0.4 is 19.8 Å². The van der Waals surface area contributed by atoms with Crippen LogP contribution in [0.25, 0.3) is 21.6 Å². The summed E-state index contributed by atoms with van der Waals surface area (Å²) in [6, 6.07) is 25.0. The smallest absolute Gasteiger partial charge is 0.387 e. The number of ether oxygens (including phenoxy) is 2. The van der Waals surface area contributed by atoms with E-state index in [-0.39, 0.29) is 18.3 Å². The molecule has 40 heavy (non-hydrogen) atoms. The number of thiophene rings is 1. The van der Waals surface area contributed by atoms with Crippen LogP contribution in [0, 0.1) is 0 Å². The van der Waals surface area contributed by atoms with Crippen LogP contribution in [0.15, 0.2) is 103 Å². The second kappa shape index (κ2) is 12.7. The van der Waals surface area contributed by atoms with Crippen LogP contribution in [0.1, 0.15) is 21.5 Å². The number of halogens is 3. The van der Waals surface area contributed by atoms with Gasteiger partial charge < -0.3 is 14.8 Å². The highest BCUT2D eigenvalue weighted by Gasteiger charge is 2.16. The Balaban J connectivity index is 1.32. The van der Waals surface area contributed by atoms with E-state index in [1.807, 2.05) is 72.4 Å². The standard InChI is InChI=1S/C31H23ClF2N2O3S/c32-24-9-12-28(38-19-20-3-10-25(11-4-20)39-31(33)34)27(16-24)26-13-15-40-29(26)22-5-7-23(8-6-22)30(37)36-18-21-2-1-14-35-17-21/h1-17,31H,18-19H2,(H,36,37)/p+1. The summed E-state index contributed by atoms with van der Waals surface area (Å²) >= 11 is 7.94. The molecule has 0 aliphatic carbocycles. The molecule has 1 amide bonds. The van der Waals surface area contributed by atoms with Crippen LogP contribution >= 0.6 is 22.9 Å². The molecule has 0 unspecified atom stereocenters. The third-order valence-corrected chi connectivity index (χ3v) is 7.27. The topological polar surface area (TPSA) is 61.7 Å². The van der Waals surface area contributed by atoms with Gasteiger partial charge in [0.1, 0.15) is 18.1 Å². The Bertz CT molecular complexity index is 1580. The molecule has 0 spiro atoms. The first-order chi connectivity index (χ1) is 19.5. The molecule has 0 aliphatic rings. The molecular formula is C31H24ClF2N2O3S+. The Morgan fingerprint density at radius 2 is 1.75 bits per heavy atom. The Kier molecular flexibility index (Phi) is 8.68. The number of rotatable bonds is 10. The number of carbonyl (C=O) groups excluding carboxylic acids is 1. The highest BCUT2D eigenvalue weighted by Crippen LogP contribution is 2.42. The number of alkyl halides is 2. The molecule has 0 fully saturated rings. The summed E-state index contributed by atoms with van der Waals surface area (Å²) in [6.45, 7) is -2.21. The van der Waals surface area contributed by atoms with E-state index in [1.54, 1.807) is 29.5 Å². The average molecular weight is 578 g/mol. The van der Waals surface area contributed by atoms with E-state index in [1.165, 1.54) is 12.1 Å². The van der Waals surface area contributed by atoms with Crippen LogP contribution in [-0.4, -0.2) is 12.5 Å². The zero-order valence-electron chi connectivity index (χ0n) is 21.1. The third kappa shape index (κ3) is 6.83. The van der Waals surface area contributed by atoms with Crippen molar-refractivity contribution in [2.45, 2.75) is 19.8 Å². The minimum Gasteiger partial charge on any atom is -0.488 e. The number of H-pyrrole nitrogens is 1. The van der Waals surface area contributed by atoms with E-state index in [9.17, 15) is 13.6 Å². The van der Waals surface area contributed by atoms with Crippen LogP contribution in [0.3, 0.4) is 0 Å². The number of aromatic nitrogens is 1. The van der Waals surface area contributed by atoms with Crippen molar-refractivity contribution in [3.05, 3.63) is 124 Å². The van der Waals surface area contributed by atoms with Gasteiger partial charge in [0.15, 0.2) is 12.4 Å². The van der Waals surface area contributed by atoms with Gasteiger partial charge in [-0.3, -0.25) is 4.79 Å². The number of carbonyl (C=O) groups is 1. The number of hydrogen-bond donors (Lipinski definition) is 1. The van der Waals surface area contributed by atoms with Crippen LogP contribution in [-0.2, 0) is 13.2 Å². The Morgan fingerprint density at radius 3 is 2.48 bits per heavy atom.